The van der Waals surface area contributed by atoms with E-state index in [1.165, 1.54) is 12.1 Å². The number of fused-ring (bicyclic) bond motifs is 1. The van der Waals surface area contributed by atoms with Gasteiger partial charge in [-0.3, -0.25) is 0 Å². The van der Waals surface area contributed by atoms with Crippen molar-refractivity contribution in [3.05, 3.63) is 60.0 Å². The van der Waals surface area contributed by atoms with Gasteiger partial charge in [0, 0.05) is 13.1 Å². The van der Waals surface area contributed by atoms with Crippen LogP contribution in [0.25, 0.3) is 11.0 Å². The van der Waals surface area contributed by atoms with E-state index in [-0.39, 0.29) is 10.6 Å². The van der Waals surface area contributed by atoms with E-state index in [0.29, 0.717) is 22.8 Å². The lowest BCUT2D eigenvalue weighted by atomic mass is 10.00. The monoisotopic (exact) mass is 424 g/mol. The molecule has 154 valence electrons. The third-order valence-corrected chi connectivity index (χ3v) is 7.23. The summed E-state index contributed by atoms with van der Waals surface area (Å²) < 4.78 is 39.9. The maximum absolute atomic E-state index is 13.3. The molecule has 2 atom stereocenters. The fraction of sp³-hybridized carbons (Fsp3) is 0.318. The van der Waals surface area contributed by atoms with Crippen molar-refractivity contribution >= 4 is 26.7 Å². The first-order valence-electron chi connectivity index (χ1n) is 9.81. The number of nitrogens with zero attached hydrogens (tertiary/aromatic N) is 4. The van der Waals surface area contributed by atoms with Gasteiger partial charge in [-0.2, -0.15) is 5.26 Å². The molecule has 0 spiro atoms. The summed E-state index contributed by atoms with van der Waals surface area (Å²) >= 11 is 0. The molecule has 2 unspecified atom stereocenters. The summed E-state index contributed by atoms with van der Waals surface area (Å²) in [5.74, 6) is 0.308. The van der Waals surface area contributed by atoms with Gasteiger partial charge in [0.1, 0.15) is 11.5 Å². The van der Waals surface area contributed by atoms with E-state index < -0.39 is 20.9 Å². The van der Waals surface area contributed by atoms with Gasteiger partial charge < -0.3 is 4.90 Å². The Morgan fingerprint density at radius 2 is 1.80 bits per heavy atom. The molecule has 3 aromatic rings. The summed E-state index contributed by atoms with van der Waals surface area (Å²) in [6.07, 6.45) is 2.04. The van der Waals surface area contributed by atoms with Crippen molar-refractivity contribution in [2.45, 2.75) is 29.9 Å². The zero-order valence-electron chi connectivity index (χ0n) is 16.5. The van der Waals surface area contributed by atoms with Gasteiger partial charge in [-0.05, 0) is 55.2 Å². The lowest BCUT2D eigenvalue weighted by Gasteiger charge is -2.33. The molecule has 0 amide bonds. The number of rotatable bonds is 4. The van der Waals surface area contributed by atoms with Crippen LogP contribution in [0.15, 0.2) is 53.4 Å². The van der Waals surface area contributed by atoms with Crippen molar-refractivity contribution in [3.63, 3.8) is 0 Å². The van der Waals surface area contributed by atoms with Crippen LogP contribution in [0.2, 0.25) is 0 Å². The van der Waals surface area contributed by atoms with Gasteiger partial charge in [0.2, 0.25) is 9.84 Å². The maximum Gasteiger partial charge on any atom is 0.200 e. The highest BCUT2D eigenvalue weighted by atomic mass is 32.2. The zero-order valence-corrected chi connectivity index (χ0v) is 17.3. The summed E-state index contributed by atoms with van der Waals surface area (Å²) in [4.78, 5) is 11.2. The van der Waals surface area contributed by atoms with Gasteiger partial charge >= 0.3 is 0 Å². The van der Waals surface area contributed by atoms with Crippen LogP contribution in [0.5, 0.6) is 0 Å². The van der Waals surface area contributed by atoms with Crippen LogP contribution in [0.3, 0.4) is 0 Å². The van der Waals surface area contributed by atoms with E-state index in [0.717, 1.165) is 38.1 Å². The van der Waals surface area contributed by atoms with E-state index in [1.54, 1.807) is 12.1 Å². The van der Waals surface area contributed by atoms with Crippen LogP contribution >= 0.6 is 0 Å². The van der Waals surface area contributed by atoms with Crippen LogP contribution in [0, 0.1) is 23.1 Å². The normalized spacial score (nSPS) is 18.2. The lowest BCUT2D eigenvalue weighted by molar-refractivity contribution is 0.443. The highest BCUT2D eigenvalue weighted by molar-refractivity contribution is 7.92. The maximum atomic E-state index is 13.3. The molecule has 1 aliphatic heterocycles. The van der Waals surface area contributed by atoms with Gasteiger partial charge in [0.25, 0.3) is 0 Å². The number of benzene rings is 2. The summed E-state index contributed by atoms with van der Waals surface area (Å²) in [6, 6.07) is 13.6. The molecular weight excluding hydrogens is 403 g/mol. The predicted octanol–water partition coefficient (Wildman–Crippen LogP) is 4.04. The SMILES string of the molecule is CC1CCCN(c2nc3ccccc3nc2C(C#N)S(=O)(=O)c2ccc(F)cc2)C1. The third-order valence-electron chi connectivity index (χ3n) is 5.35. The second-order valence-electron chi connectivity index (χ2n) is 7.62. The molecule has 2 aromatic carbocycles. The Morgan fingerprint density at radius 1 is 1.13 bits per heavy atom. The van der Waals surface area contributed by atoms with Gasteiger partial charge in [0.15, 0.2) is 11.1 Å². The second kappa shape index (κ2) is 8.00. The van der Waals surface area contributed by atoms with Crippen LogP contribution in [0.1, 0.15) is 30.7 Å². The number of para-hydroxylation sites is 2. The zero-order chi connectivity index (χ0) is 21.3. The van der Waals surface area contributed by atoms with Crippen molar-refractivity contribution in [2.75, 3.05) is 18.0 Å². The number of sulfone groups is 1. The number of hydrogen-bond donors (Lipinski definition) is 0. The molecule has 1 aliphatic rings. The Kier molecular flexibility index (Phi) is 5.39. The molecule has 0 aliphatic carbocycles. The number of hydrogen-bond acceptors (Lipinski definition) is 6. The second-order valence-corrected chi connectivity index (χ2v) is 9.66. The van der Waals surface area contributed by atoms with E-state index in [9.17, 15) is 18.1 Å². The molecule has 0 saturated carbocycles. The van der Waals surface area contributed by atoms with E-state index >= 15 is 0 Å². The molecule has 0 radical (unpaired) electrons. The lowest BCUT2D eigenvalue weighted by Crippen LogP contribution is -2.36. The molecule has 1 aromatic heterocycles. The Bertz CT molecular complexity index is 1220. The largest absolute Gasteiger partial charge is 0.355 e. The molecule has 0 bridgehead atoms. The number of halogens is 1. The van der Waals surface area contributed by atoms with Crippen molar-refractivity contribution in [2.24, 2.45) is 5.92 Å². The Labute approximate surface area is 174 Å². The molecule has 0 N–H and O–H groups in total. The minimum absolute atomic E-state index is 0.120. The van der Waals surface area contributed by atoms with Crippen LogP contribution in [0.4, 0.5) is 10.2 Å². The summed E-state index contributed by atoms with van der Waals surface area (Å²) in [6.45, 7) is 3.57. The first-order valence-corrected chi connectivity index (χ1v) is 11.4. The Hall–Kier alpha value is -3.05. The van der Waals surface area contributed by atoms with E-state index in [4.69, 9.17) is 4.98 Å². The van der Waals surface area contributed by atoms with Gasteiger partial charge in [0.05, 0.1) is 22.0 Å². The van der Waals surface area contributed by atoms with Crippen molar-refractivity contribution in [3.8, 4) is 6.07 Å². The van der Waals surface area contributed by atoms with Gasteiger partial charge in [-0.1, -0.05) is 19.1 Å². The highest BCUT2D eigenvalue weighted by Crippen LogP contribution is 2.35. The molecule has 30 heavy (non-hydrogen) atoms. The fourth-order valence-corrected chi connectivity index (χ4v) is 5.21. The minimum Gasteiger partial charge on any atom is -0.355 e. The molecule has 8 heteroatoms. The van der Waals surface area contributed by atoms with Crippen LogP contribution in [-0.4, -0.2) is 31.5 Å². The Morgan fingerprint density at radius 3 is 2.43 bits per heavy atom. The molecule has 4 rings (SSSR count). The molecule has 2 heterocycles. The third kappa shape index (κ3) is 3.73. The number of aromatic nitrogens is 2. The topological polar surface area (TPSA) is 86.9 Å². The van der Waals surface area contributed by atoms with Crippen molar-refractivity contribution in [1.82, 2.24) is 9.97 Å². The molecular formula is C22H21FN4O2S. The van der Waals surface area contributed by atoms with Gasteiger partial charge in [-0.25, -0.2) is 22.8 Å². The first kappa shape index (κ1) is 20.2. The minimum atomic E-state index is -4.12. The number of nitriles is 1. The van der Waals surface area contributed by atoms with Crippen LogP contribution < -0.4 is 4.90 Å². The summed E-state index contributed by atoms with van der Waals surface area (Å²) in [5, 5.41) is 8.34. The smallest absolute Gasteiger partial charge is 0.200 e. The Balaban J connectivity index is 1.89. The molecule has 1 fully saturated rings. The van der Waals surface area contributed by atoms with Crippen molar-refractivity contribution in [1.29, 1.82) is 5.26 Å². The predicted molar refractivity (Wildman–Crippen MR) is 112 cm³/mol. The van der Waals surface area contributed by atoms with E-state index in [2.05, 4.69) is 11.9 Å². The van der Waals surface area contributed by atoms with E-state index in [1.807, 2.05) is 23.1 Å². The standard InChI is InChI=1S/C22H21FN4O2S/c1-15-5-4-12-27(14-15)22-21(25-18-6-2-3-7-19(18)26-22)20(13-24)30(28,29)17-10-8-16(23)9-11-17/h2-3,6-11,15,20H,4-5,12,14H2,1H3. The average Bonchev–Trinajstić information content (AvgIpc) is 2.74. The molecule has 6 nitrogen and oxygen atoms in total. The summed E-state index contributed by atoms with van der Waals surface area (Å²) in [7, 11) is -4.12. The van der Waals surface area contributed by atoms with Crippen molar-refractivity contribution < 1.29 is 12.8 Å². The average molecular weight is 425 g/mol. The molecule has 1 saturated heterocycles. The summed E-state index contributed by atoms with van der Waals surface area (Å²) in [5.41, 5.74) is 1.29. The fourth-order valence-electron chi connectivity index (χ4n) is 3.83. The number of piperidine rings is 1. The number of anilines is 1. The first-order chi connectivity index (χ1) is 14.4. The quantitative estimate of drug-likeness (QED) is 0.588. The highest BCUT2D eigenvalue weighted by Gasteiger charge is 2.35. The van der Waals surface area contributed by atoms with Crippen LogP contribution in [-0.2, 0) is 9.84 Å². The van der Waals surface area contributed by atoms with Gasteiger partial charge in [-0.15, -0.1) is 0 Å².